The number of aromatic nitrogens is 1. The van der Waals surface area contributed by atoms with Crippen molar-refractivity contribution in [2.45, 2.75) is 0 Å². The van der Waals surface area contributed by atoms with Crippen molar-refractivity contribution in [3.05, 3.63) is 73.1 Å². The van der Waals surface area contributed by atoms with Crippen LogP contribution in [0.2, 0.25) is 0 Å². The summed E-state index contributed by atoms with van der Waals surface area (Å²) in [6.45, 7) is 0. The Bertz CT molecular complexity index is 710. The van der Waals surface area contributed by atoms with Crippen molar-refractivity contribution < 1.29 is 26.2 Å². The Morgan fingerprint density at radius 3 is 1.81 bits per heavy atom. The second-order valence-corrected chi connectivity index (χ2v) is 4.64. The monoisotopic (exact) mass is 392 g/mol. The van der Waals surface area contributed by atoms with Crippen LogP contribution in [0, 0.1) is 0 Å². The van der Waals surface area contributed by atoms with E-state index in [9.17, 15) is 0 Å². The van der Waals surface area contributed by atoms with E-state index < -0.39 is 0 Å². The number of fused-ring (bicyclic) bond motifs is 2. The Labute approximate surface area is 155 Å². The summed E-state index contributed by atoms with van der Waals surface area (Å²) in [4.78, 5) is 0. The molecule has 1 nitrogen and oxygen atoms in total. The minimum Gasteiger partial charge on any atom is -0.341 e. The average Bonchev–Trinajstić information content (AvgIpc) is 3.02. The van der Waals surface area contributed by atoms with E-state index in [1.54, 1.807) is 0 Å². The minimum absolute atomic E-state index is 0. The summed E-state index contributed by atoms with van der Waals surface area (Å²) in [7, 11) is 0. The van der Waals surface area contributed by atoms with E-state index in [0.717, 1.165) is 0 Å². The van der Waals surface area contributed by atoms with Crippen LogP contribution < -0.4 is 0 Å². The van der Waals surface area contributed by atoms with E-state index >= 15 is 0 Å². The van der Waals surface area contributed by atoms with Crippen molar-refractivity contribution in [3.63, 3.8) is 0 Å². The van der Waals surface area contributed by atoms with E-state index in [1.807, 2.05) is 0 Å². The minimum atomic E-state index is 0. The van der Waals surface area contributed by atoms with E-state index in [4.69, 9.17) is 0 Å². The summed E-state index contributed by atoms with van der Waals surface area (Å²) < 4.78 is 2.20. The van der Waals surface area contributed by atoms with Crippen LogP contribution in [0.5, 0.6) is 0 Å². The van der Waals surface area contributed by atoms with E-state index in [2.05, 4.69) is 77.6 Å². The van der Waals surface area contributed by atoms with Crippen molar-refractivity contribution in [3.8, 4) is 5.69 Å². The largest absolute Gasteiger partial charge is 0.341 e. The second kappa shape index (κ2) is 7.36. The van der Waals surface area contributed by atoms with Gasteiger partial charge in [0.15, 0.2) is 0 Å². The number of hydrogen-bond donors (Lipinski definition) is 0. The van der Waals surface area contributed by atoms with Crippen LogP contribution in [-0.2, 0) is 26.2 Å². The smallest absolute Gasteiger partial charge is 0.0149 e. The predicted octanol–water partition coefficient (Wildman–Crippen LogP) is 5.34. The molecule has 21 heavy (non-hydrogen) atoms. The Morgan fingerprint density at radius 1 is 0.714 bits per heavy atom. The van der Waals surface area contributed by atoms with Crippen molar-refractivity contribution in [2.24, 2.45) is 0 Å². The van der Waals surface area contributed by atoms with Crippen molar-refractivity contribution in [1.29, 1.82) is 0 Å². The zero-order valence-corrected chi connectivity index (χ0v) is 15.3. The molecule has 0 atom stereocenters. The van der Waals surface area contributed by atoms with Crippen LogP contribution in [0.25, 0.3) is 27.2 Å². The molecule has 4 heteroatoms. The molecule has 0 fully saturated rings. The number of halogens is 2. The standard InChI is InChI=1S/C17H12N.2ClH.Zr/c1-2-6-14-10-17(9-13(14)5-1)18-11-15-7-3-4-8-16(15)12-18;;;/h1-12H;2*1H;/q-1;;;. The zero-order valence-electron chi connectivity index (χ0n) is 11.2. The summed E-state index contributed by atoms with van der Waals surface area (Å²) in [5, 5.41) is 5.15. The van der Waals surface area contributed by atoms with Crippen molar-refractivity contribution >= 4 is 46.4 Å². The topological polar surface area (TPSA) is 4.93 Å². The molecule has 1 heterocycles. The van der Waals surface area contributed by atoms with E-state index in [0.29, 0.717) is 0 Å². The first-order valence-corrected chi connectivity index (χ1v) is 6.13. The SMILES string of the molecule is Cl.Cl.[Zr].c1ccc2cn(-c3cc4ccccc4[cH-]3)cc2c1. The van der Waals surface area contributed by atoms with Gasteiger partial charge < -0.3 is 4.57 Å². The first-order chi connectivity index (χ1) is 8.90. The third kappa shape index (κ3) is 3.29. The molecule has 106 valence electrons. The molecule has 0 unspecified atom stereocenters. The average molecular weight is 394 g/mol. The van der Waals surface area contributed by atoms with Gasteiger partial charge in [0.1, 0.15) is 0 Å². The van der Waals surface area contributed by atoms with Crippen molar-refractivity contribution in [2.75, 3.05) is 0 Å². The molecule has 4 aromatic rings. The summed E-state index contributed by atoms with van der Waals surface area (Å²) in [5.41, 5.74) is 1.23. The number of rotatable bonds is 1. The van der Waals surface area contributed by atoms with Crippen LogP contribution in [0.1, 0.15) is 0 Å². The predicted molar refractivity (Wildman–Crippen MR) is 90.9 cm³/mol. The fourth-order valence-electron chi connectivity index (χ4n) is 2.52. The summed E-state index contributed by atoms with van der Waals surface area (Å²) in [6.07, 6.45) is 4.37. The Morgan fingerprint density at radius 2 is 1.24 bits per heavy atom. The molecule has 0 aliphatic rings. The molecular formula is C17H14Cl2NZr-. The maximum atomic E-state index is 2.23. The Kier molecular flexibility index (Phi) is 6.34. The van der Waals surface area contributed by atoms with E-state index in [-0.39, 0.29) is 51.0 Å². The van der Waals surface area contributed by atoms with Crippen LogP contribution in [0.4, 0.5) is 0 Å². The van der Waals surface area contributed by atoms with Gasteiger partial charge in [-0.05, 0) is 16.5 Å². The van der Waals surface area contributed by atoms with Crippen LogP contribution in [-0.4, -0.2) is 4.57 Å². The summed E-state index contributed by atoms with van der Waals surface area (Å²) >= 11 is 0. The normalized spacial score (nSPS) is 9.71. The molecule has 0 spiro atoms. The van der Waals surface area contributed by atoms with Crippen LogP contribution in [0.15, 0.2) is 73.1 Å². The van der Waals surface area contributed by atoms with Gasteiger partial charge in [0.05, 0.1) is 0 Å². The first kappa shape index (κ1) is 18.1. The molecule has 0 N–H and O–H groups in total. The van der Waals surface area contributed by atoms with Crippen LogP contribution in [0.3, 0.4) is 0 Å². The Balaban J connectivity index is 0.000000735. The van der Waals surface area contributed by atoms with E-state index in [1.165, 1.54) is 27.2 Å². The third-order valence-corrected chi connectivity index (χ3v) is 3.45. The summed E-state index contributed by atoms with van der Waals surface area (Å²) in [6, 6.07) is 21.4. The molecule has 4 rings (SSSR count). The zero-order chi connectivity index (χ0) is 11.9. The molecule has 0 bridgehead atoms. The quantitative estimate of drug-likeness (QED) is 0.384. The van der Waals surface area contributed by atoms with Gasteiger partial charge in [-0.2, -0.15) is 0 Å². The van der Waals surface area contributed by atoms with Gasteiger partial charge in [0.25, 0.3) is 0 Å². The fourth-order valence-corrected chi connectivity index (χ4v) is 2.52. The van der Waals surface area contributed by atoms with Gasteiger partial charge >= 0.3 is 0 Å². The van der Waals surface area contributed by atoms with Gasteiger partial charge in [-0.15, -0.1) is 65.9 Å². The van der Waals surface area contributed by atoms with Gasteiger partial charge in [0, 0.05) is 38.6 Å². The number of hydrogen-bond acceptors (Lipinski definition) is 0. The third-order valence-electron chi connectivity index (χ3n) is 3.45. The summed E-state index contributed by atoms with van der Waals surface area (Å²) in [5.74, 6) is 0. The fraction of sp³-hybridized carbons (Fsp3) is 0. The first-order valence-electron chi connectivity index (χ1n) is 6.13. The number of nitrogens with zero attached hydrogens (tertiary/aromatic N) is 1. The molecule has 0 saturated heterocycles. The number of benzene rings is 2. The maximum absolute atomic E-state index is 2.23. The van der Waals surface area contributed by atoms with Crippen LogP contribution >= 0.6 is 24.8 Å². The Hall–Kier alpha value is -0.947. The van der Waals surface area contributed by atoms with Gasteiger partial charge in [-0.3, -0.25) is 0 Å². The molecule has 0 saturated carbocycles. The maximum Gasteiger partial charge on any atom is 0.0149 e. The molecule has 0 amide bonds. The second-order valence-electron chi connectivity index (χ2n) is 4.64. The van der Waals surface area contributed by atoms with Gasteiger partial charge in [-0.25, -0.2) is 0 Å². The van der Waals surface area contributed by atoms with Crippen molar-refractivity contribution in [1.82, 2.24) is 4.57 Å². The molecule has 1 aromatic heterocycles. The van der Waals surface area contributed by atoms with Gasteiger partial charge in [-0.1, -0.05) is 30.3 Å². The molecule has 0 radical (unpaired) electrons. The molecule has 3 aromatic carbocycles. The van der Waals surface area contributed by atoms with Gasteiger partial charge in [0.2, 0.25) is 0 Å². The molecule has 0 aliphatic heterocycles. The molecular weight excluding hydrogens is 380 g/mol. The molecule has 0 aliphatic carbocycles.